The molecule has 3 nitrogen and oxygen atoms in total. The molecule has 0 aromatic heterocycles. The van der Waals surface area contributed by atoms with Crippen LogP contribution in [0.5, 0.6) is 0 Å². The molecule has 2 aromatic carbocycles. The Bertz CT molecular complexity index is 1140. The number of hydrogen-bond donors (Lipinski definition) is 0. The Morgan fingerprint density at radius 3 is 1.51 bits per heavy atom. The molecule has 0 saturated heterocycles. The molecule has 6 heteroatoms. The summed E-state index contributed by atoms with van der Waals surface area (Å²) in [6.07, 6.45) is 5.99. The largest absolute Gasteiger partial charge is 0.390 e. The average Bonchev–Trinajstić information content (AvgIpc) is 2.86. The fourth-order valence-corrected chi connectivity index (χ4v) is 11.2. The minimum atomic E-state index is -2.76. The molecule has 39 heavy (non-hydrogen) atoms. The maximum atomic E-state index is 14.6. The van der Waals surface area contributed by atoms with Gasteiger partial charge in [0.05, 0.1) is 0 Å². The van der Waals surface area contributed by atoms with Crippen molar-refractivity contribution in [2.24, 2.45) is 11.8 Å². The minimum Gasteiger partial charge on any atom is -0.390 e. The van der Waals surface area contributed by atoms with Gasteiger partial charge >= 0.3 is 0 Å². The fraction of sp³-hybridized carbons (Fsp3) is 0.576. The molecule has 3 fully saturated rings. The maximum absolute atomic E-state index is 14.6. The van der Waals surface area contributed by atoms with Gasteiger partial charge in [-0.1, -0.05) is 114 Å². The van der Waals surface area contributed by atoms with Crippen LogP contribution in [0.4, 0.5) is 0 Å². The molecule has 214 valence electrons. The molecule has 0 N–H and O–H groups in total. The van der Waals surface area contributed by atoms with Crippen molar-refractivity contribution in [2.45, 2.75) is 103 Å². The van der Waals surface area contributed by atoms with Crippen LogP contribution in [-0.2, 0) is 13.4 Å². The highest BCUT2D eigenvalue weighted by atomic mass is 31.2. The van der Waals surface area contributed by atoms with E-state index in [1.165, 1.54) is 5.57 Å². The Kier molecular flexibility index (Phi) is 8.31. The third-order valence-electron chi connectivity index (χ3n) is 10.1. The zero-order valence-electron chi connectivity index (χ0n) is 26.0. The molecule has 0 spiro atoms. The number of rotatable bonds is 8. The topological polar surface area (TPSA) is 35.5 Å². The van der Waals surface area contributed by atoms with Crippen molar-refractivity contribution >= 4 is 34.4 Å². The highest BCUT2D eigenvalue weighted by Crippen LogP contribution is 2.62. The van der Waals surface area contributed by atoms with E-state index in [0.29, 0.717) is 18.0 Å². The predicted octanol–water partition coefficient (Wildman–Crippen LogP) is 9.10. The molecule has 0 heterocycles. The molecule has 0 unspecified atom stereocenters. The molecule has 3 saturated carbocycles. The van der Waals surface area contributed by atoms with Crippen molar-refractivity contribution in [2.75, 3.05) is 6.16 Å². The lowest BCUT2D eigenvalue weighted by molar-refractivity contribution is -0.281. The van der Waals surface area contributed by atoms with Gasteiger partial charge in [-0.05, 0) is 55.5 Å². The standard InChI is InChI=1S/C33H51O3PSi2/c1-31(2,3)38(7,8)35-33(36-39(9,10)32(4,5)6)27-23-26(24-28(33)25-27)21-22-37(34,29-17-13-11-14-18-29)30-19-15-12-16-20-30/h11-21,27-28H,22-25H2,1-10H3/b26-21-/t27-,28+/m0/s1. The first kappa shape index (κ1) is 30.7. The number of benzene rings is 2. The van der Waals surface area contributed by atoms with Gasteiger partial charge in [0, 0.05) is 28.6 Å². The van der Waals surface area contributed by atoms with Gasteiger partial charge in [-0.3, -0.25) is 0 Å². The van der Waals surface area contributed by atoms with E-state index in [-0.39, 0.29) is 10.1 Å². The van der Waals surface area contributed by atoms with Crippen LogP contribution in [0.25, 0.3) is 0 Å². The van der Waals surface area contributed by atoms with Gasteiger partial charge in [-0.15, -0.1) is 0 Å². The van der Waals surface area contributed by atoms with Crippen molar-refractivity contribution in [3.8, 4) is 0 Å². The number of fused-ring (bicyclic) bond motifs is 2. The van der Waals surface area contributed by atoms with Gasteiger partial charge in [0.15, 0.2) is 22.4 Å². The van der Waals surface area contributed by atoms with E-state index in [9.17, 15) is 4.57 Å². The van der Waals surface area contributed by atoms with Gasteiger partial charge in [0.25, 0.3) is 0 Å². The summed E-state index contributed by atoms with van der Waals surface area (Å²) in [5.41, 5.74) is 1.43. The maximum Gasteiger partial charge on any atom is 0.195 e. The predicted molar refractivity (Wildman–Crippen MR) is 173 cm³/mol. The van der Waals surface area contributed by atoms with E-state index in [4.69, 9.17) is 8.85 Å². The Morgan fingerprint density at radius 2 is 1.15 bits per heavy atom. The van der Waals surface area contributed by atoms with Crippen LogP contribution in [0.2, 0.25) is 36.3 Å². The van der Waals surface area contributed by atoms with Crippen molar-refractivity contribution in [1.82, 2.24) is 0 Å². The second kappa shape index (κ2) is 10.5. The lowest BCUT2D eigenvalue weighted by Gasteiger charge is -2.65. The van der Waals surface area contributed by atoms with Crippen LogP contribution in [0.1, 0.15) is 60.8 Å². The Balaban J connectivity index is 1.64. The molecule has 3 aliphatic carbocycles. The van der Waals surface area contributed by atoms with Crippen LogP contribution in [0, 0.1) is 11.8 Å². The molecular formula is C33H51O3PSi2. The lowest BCUT2D eigenvalue weighted by atomic mass is 9.58. The normalized spacial score (nSPS) is 23.0. The molecular weight excluding hydrogens is 532 g/mol. The van der Waals surface area contributed by atoms with Crippen molar-refractivity contribution in [3.63, 3.8) is 0 Å². The smallest absolute Gasteiger partial charge is 0.195 e. The van der Waals surface area contributed by atoms with E-state index in [0.717, 1.165) is 29.9 Å². The van der Waals surface area contributed by atoms with Gasteiger partial charge < -0.3 is 13.4 Å². The molecule has 2 aromatic rings. The third kappa shape index (κ3) is 5.90. The van der Waals surface area contributed by atoms with Crippen molar-refractivity contribution in [1.29, 1.82) is 0 Å². The molecule has 2 bridgehead atoms. The monoisotopic (exact) mass is 582 g/mol. The zero-order valence-corrected chi connectivity index (χ0v) is 28.9. The zero-order chi connectivity index (χ0) is 28.9. The van der Waals surface area contributed by atoms with E-state index < -0.39 is 29.6 Å². The molecule has 0 amide bonds. The first-order valence-electron chi connectivity index (χ1n) is 14.7. The molecule has 5 rings (SSSR count). The van der Waals surface area contributed by atoms with Crippen LogP contribution in [0.15, 0.2) is 72.3 Å². The number of hydrogen-bond acceptors (Lipinski definition) is 3. The number of allylic oxidation sites excluding steroid dienone is 2. The average molecular weight is 583 g/mol. The van der Waals surface area contributed by atoms with E-state index in [1.54, 1.807) is 0 Å². The summed E-state index contributed by atoms with van der Waals surface area (Å²) in [6.45, 7) is 23.4. The Hall–Kier alpha value is -1.24. The third-order valence-corrected chi connectivity index (χ3v) is 22.0. The quantitative estimate of drug-likeness (QED) is 0.135. The first-order chi connectivity index (χ1) is 17.9. The van der Waals surface area contributed by atoms with Gasteiger partial charge in [0.1, 0.15) is 7.14 Å². The fourth-order valence-electron chi connectivity index (χ4n) is 5.59. The van der Waals surface area contributed by atoms with Crippen LogP contribution < -0.4 is 10.6 Å². The summed E-state index contributed by atoms with van der Waals surface area (Å²) in [6, 6.07) is 20.1. The summed E-state index contributed by atoms with van der Waals surface area (Å²) >= 11 is 0. The molecule has 2 atom stereocenters. The van der Waals surface area contributed by atoms with Gasteiger partial charge in [-0.2, -0.15) is 0 Å². The van der Waals surface area contributed by atoms with E-state index in [2.05, 4.69) is 73.8 Å². The van der Waals surface area contributed by atoms with Crippen LogP contribution >= 0.6 is 7.14 Å². The van der Waals surface area contributed by atoms with Crippen molar-refractivity contribution < 1.29 is 13.4 Å². The van der Waals surface area contributed by atoms with Gasteiger partial charge in [0.2, 0.25) is 0 Å². The van der Waals surface area contributed by atoms with Crippen LogP contribution in [-0.4, -0.2) is 28.6 Å². The van der Waals surface area contributed by atoms with E-state index >= 15 is 0 Å². The van der Waals surface area contributed by atoms with Crippen molar-refractivity contribution in [3.05, 3.63) is 72.3 Å². The summed E-state index contributed by atoms with van der Waals surface area (Å²) in [7, 11) is -6.88. The Labute approximate surface area is 240 Å². The van der Waals surface area contributed by atoms with Gasteiger partial charge in [-0.25, -0.2) is 0 Å². The highest BCUT2D eigenvalue weighted by molar-refractivity contribution is 7.78. The highest BCUT2D eigenvalue weighted by Gasteiger charge is 2.65. The SMILES string of the molecule is CC(C)(C)[Si](C)(C)OC1(O[Si](C)(C)C(C)(C)C)[C@@H]2C/C(=C\CP(=O)(c3ccccc3)c3ccccc3)C[C@H]1C2. The second-order valence-electron chi connectivity index (χ2n) is 14.9. The van der Waals surface area contributed by atoms with Crippen LogP contribution in [0.3, 0.4) is 0 Å². The first-order valence-corrected chi connectivity index (χ1v) is 22.4. The molecule has 0 aliphatic heterocycles. The Morgan fingerprint density at radius 1 is 0.769 bits per heavy atom. The molecule has 0 radical (unpaired) electrons. The summed E-state index contributed by atoms with van der Waals surface area (Å²) in [5, 5.41) is 2.12. The summed E-state index contributed by atoms with van der Waals surface area (Å²) < 4.78 is 29.2. The minimum absolute atomic E-state index is 0.122. The second-order valence-corrected chi connectivity index (χ2v) is 27.3. The summed E-state index contributed by atoms with van der Waals surface area (Å²) in [4.78, 5) is 0. The lowest BCUT2D eigenvalue weighted by Crippen LogP contribution is -2.69. The molecule has 3 aliphatic rings. The van der Waals surface area contributed by atoms with E-state index in [1.807, 2.05) is 60.7 Å². The summed E-state index contributed by atoms with van der Waals surface area (Å²) in [5.74, 6) is 0.239.